The van der Waals surface area contributed by atoms with Crippen molar-refractivity contribution in [2.75, 3.05) is 20.1 Å². The molecular formula is C4H9N2W-. The zero-order valence-corrected chi connectivity index (χ0v) is 7.28. The topological polar surface area (TPSA) is 26.1 Å². The van der Waals surface area contributed by atoms with Gasteiger partial charge in [0.2, 0.25) is 0 Å². The summed E-state index contributed by atoms with van der Waals surface area (Å²) in [7, 11) is 1.97. The summed E-state index contributed by atoms with van der Waals surface area (Å²) in [6, 6.07) is 0.699. The zero-order chi connectivity index (χ0) is 4.41. The molecule has 1 rings (SSSR count). The van der Waals surface area contributed by atoms with Gasteiger partial charge in [-0.1, -0.05) is 0 Å². The van der Waals surface area contributed by atoms with Crippen LogP contribution in [-0.4, -0.2) is 26.2 Å². The van der Waals surface area contributed by atoms with Crippen LogP contribution >= 0.6 is 0 Å². The van der Waals surface area contributed by atoms with Gasteiger partial charge in [0.1, 0.15) is 0 Å². The van der Waals surface area contributed by atoms with Crippen LogP contribution in [0.4, 0.5) is 0 Å². The summed E-state index contributed by atoms with van der Waals surface area (Å²) in [6.07, 6.45) is 0. The summed E-state index contributed by atoms with van der Waals surface area (Å²) < 4.78 is 0. The fourth-order valence-electron chi connectivity index (χ4n) is 0.441. The van der Waals surface area contributed by atoms with Crippen molar-refractivity contribution in [1.82, 2.24) is 5.32 Å². The van der Waals surface area contributed by atoms with Crippen molar-refractivity contribution < 1.29 is 21.1 Å². The van der Waals surface area contributed by atoms with E-state index in [4.69, 9.17) is 0 Å². The fourth-order valence-corrected chi connectivity index (χ4v) is 0.441. The van der Waals surface area contributed by atoms with Crippen molar-refractivity contribution in [3.05, 3.63) is 5.32 Å². The number of nitrogens with one attached hydrogen (secondary N) is 1. The van der Waals surface area contributed by atoms with Gasteiger partial charge in [0.25, 0.3) is 0 Å². The maximum absolute atomic E-state index is 4.01. The van der Waals surface area contributed by atoms with E-state index in [2.05, 4.69) is 10.6 Å². The minimum absolute atomic E-state index is 0. The molecule has 0 aromatic carbocycles. The van der Waals surface area contributed by atoms with Crippen LogP contribution in [0.15, 0.2) is 0 Å². The molecule has 0 bridgehead atoms. The molecule has 1 fully saturated rings. The van der Waals surface area contributed by atoms with E-state index in [1.807, 2.05) is 7.05 Å². The van der Waals surface area contributed by atoms with Crippen LogP contribution in [0.1, 0.15) is 0 Å². The summed E-state index contributed by atoms with van der Waals surface area (Å²) in [5.74, 6) is 0. The first-order valence-corrected chi connectivity index (χ1v) is 2.24. The van der Waals surface area contributed by atoms with E-state index in [-0.39, 0.29) is 21.1 Å². The molecule has 1 aliphatic heterocycles. The van der Waals surface area contributed by atoms with Gasteiger partial charge in [-0.15, -0.1) is 13.1 Å². The molecule has 42 valence electrons. The second kappa shape index (κ2) is 3.59. The Bertz CT molecular complexity index is 42.2. The fraction of sp³-hybridized carbons (Fsp3) is 1.00. The molecule has 1 heterocycles. The Balaban J connectivity index is 0.000000360. The predicted octanol–water partition coefficient (Wildman–Crippen LogP) is -0.0408. The van der Waals surface area contributed by atoms with Crippen molar-refractivity contribution in [3.8, 4) is 0 Å². The first kappa shape index (κ1) is 7.61. The van der Waals surface area contributed by atoms with Crippen LogP contribution in [0.25, 0.3) is 5.32 Å². The third kappa shape index (κ3) is 1.89. The quantitative estimate of drug-likeness (QED) is 0.710. The number of nitrogens with zero attached hydrogens (tertiary/aromatic N) is 1. The second-order valence-corrected chi connectivity index (χ2v) is 1.57. The summed E-state index contributed by atoms with van der Waals surface area (Å²) in [6.45, 7) is 2.05. The summed E-state index contributed by atoms with van der Waals surface area (Å²) in [5, 5.41) is 7.11. The molecule has 0 aliphatic carbocycles. The molecular weight excluding hydrogens is 260 g/mol. The van der Waals surface area contributed by atoms with Crippen molar-refractivity contribution in [3.63, 3.8) is 0 Å². The van der Waals surface area contributed by atoms with Crippen LogP contribution in [0.2, 0.25) is 0 Å². The van der Waals surface area contributed by atoms with Crippen LogP contribution in [-0.2, 0) is 21.1 Å². The molecule has 0 aromatic heterocycles. The molecule has 0 saturated carbocycles. The molecule has 0 radical (unpaired) electrons. The Morgan fingerprint density at radius 3 is 2.14 bits per heavy atom. The molecule has 1 saturated heterocycles. The van der Waals surface area contributed by atoms with Crippen LogP contribution in [0, 0.1) is 0 Å². The molecule has 1 aliphatic rings. The molecule has 2 nitrogen and oxygen atoms in total. The van der Waals surface area contributed by atoms with Gasteiger partial charge in [-0.3, -0.25) is 0 Å². The maximum Gasteiger partial charge on any atom is 0 e. The Morgan fingerprint density at radius 2 is 2.14 bits per heavy atom. The monoisotopic (exact) mass is 269 g/mol. The Morgan fingerprint density at radius 1 is 1.57 bits per heavy atom. The van der Waals surface area contributed by atoms with Crippen molar-refractivity contribution in [2.45, 2.75) is 6.04 Å². The molecule has 0 unspecified atom stereocenters. The summed E-state index contributed by atoms with van der Waals surface area (Å²) >= 11 is 0. The van der Waals surface area contributed by atoms with Gasteiger partial charge in [-0.05, 0) is 13.1 Å². The SMILES string of the molecule is CNC1C[N-]C1.[W]. The van der Waals surface area contributed by atoms with Crippen molar-refractivity contribution >= 4 is 0 Å². The van der Waals surface area contributed by atoms with E-state index >= 15 is 0 Å². The van der Waals surface area contributed by atoms with Crippen LogP contribution < -0.4 is 5.32 Å². The Hall–Kier alpha value is 0.608. The van der Waals surface area contributed by atoms with Gasteiger partial charge in [-0.2, -0.15) is 0 Å². The number of hydrogen-bond acceptors (Lipinski definition) is 1. The van der Waals surface area contributed by atoms with Gasteiger partial charge >= 0.3 is 0 Å². The Labute approximate surface area is 58.3 Å². The molecule has 1 N–H and O–H groups in total. The van der Waals surface area contributed by atoms with Gasteiger partial charge in [0.15, 0.2) is 0 Å². The number of rotatable bonds is 1. The summed E-state index contributed by atoms with van der Waals surface area (Å²) in [5.41, 5.74) is 0. The smallest absolute Gasteiger partial charge is 0 e. The van der Waals surface area contributed by atoms with E-state index in [0.717, 1.165) is 13.1 Å². The number of hydrogen-bond donors (Lipinski definition) is 1. The van der Waals surface area contributed by atoms with E-state index < -0.39 is 0 Å². The normalized spacial score (nSPS) is 20.1. The minimum Gasteiger partial charge on any atom is -0.660 e. The molecule has 0 amide bonds. The Kier molecular flexibility index (Phi) is 3.90. The molecule has 3 heteroatoms. The van der Waals surface area contributed by atoms with Crippen LogP contribution in [0.3, 0.4) is 0 Å². The average molecular weight is 269 g/mol. The van der Waals surface area contributed by atoms with Gasteiger partial charge < -0.3 is 10.6 Å². The van der Waals surface area contributed by atoms with Crippen molar-refractivity contribution in [1.29, 1.82) is 0 Å². The van der Waals surface area contributed by atoms with Gasteiger partial charge in [0, 0.05) is 21.1 Å². The van der Waals surface area contributed by atoms with E-state index in [9.17, 15) is 0 Å². The molecule has 7 heavy (non-hydrogen) atoms. The molecule has 0 aromatic rings. The third-order valence-corrected chi connectivity index (χ3v) is 1.11. The van der Waals surface area contributed by atoms with Crippen molar-refractivity contribution in [2.24, 2.45) is 0 Å². The van der Waals surface area contributed by atoms with Gasteiger partial charge in [0.05, 0.1) is 0 Å². The van der Waals surface area contributed by atoms with Gasteiger partial charge in [-0.25, -0.2) is 0 Å². The van der Waals surface area contributed by atoms with E-state index in [1.54, 1.807) is 0 Å². The standard InChI is InChI=1S/C4H9N2.W/c1-5-4-2-6-3-4;/h4-5H,2-3H2,1H3;/q-1;. The average Bonchev–Trinajstić information content (AvgIpc) is 1.31. The second-order valence-electron chi connectivity index (χ2n) is 1.57. The predicted molar refractivity (Wildman–Crippen MR) is 25.9 cm³/mol. The largest absolute Gasteiger partial charge is 0.660 e. The third-order valence-electron chi connectivity index (χ3n) is 1.11. The maximum atomic E-state index is 4.01. The minimum atomic E-state index is 0. The van der Waals surface area contributed by atoms with E-state index in [1.165, 1.54) is 0 Å². The first-order chi connectivity index (χ1) is 2.93. The van der Waals surface area contributed by atoms with E-state index in [0.29, 0.717) is 6.04 Å². The molecule has 0 spiro atoms. The first-order valence-electron chi connectivity index (χ1n) is 2.24. The number of likely N-dealkylation sites (N-methyl/N-ethyl adjacent to an activating group) is 1. The molecule has 0 atom stereocenters. The van der Waals surface area contributed by atoms with Crippen LogP contribution in [0.5, 0.6) is 0 Å². The summed E-state index contributed by atoms with van der Waals surface area (Å²) in [4.78, 5) is 0. The zero-order valence-electron chi connectivity index (χ0n) is 4.35.